The number of para-hydroxylation sites is 1. The molecule has 0 unspecified atom stereocenters. The third kappa shape index (κ3) is 3.04. The summed E-state index contributed by atoms with van der Waals surface area (Å²) in [5, 5.41) is 0.930. The van der Waals surface area contributed by atoms with Crippen LogP contribution in [0.1, 0.15) is 43.6 Å². The lowest BCUT2D eigenvalue weighted by Gasteiger charge is -2.23. The van der Waals surface area contributed by atoms with Crippen molar-refractivity contribution >= 4 is 20.7 Å². The number of pyridine rings is 2. The van der Waals surface area contributed by atoms with E-state index in [9.17, 15) is 8.42 Å². The molecule has 2 heterocycles. The molecule has 0 amide bonds. The van der Waals surface area contributed by atoms with Crippen LogP contribution in [-0.2, 0) is 9.84 Å². The first kappa shape index (κ1) is 16.2. The van der Waals surface area contributed by atoms with Gasteiger partial charge in [-0.2, -0.15) is 0 Å². The van der Waals surface area contributed by atoms with Crippen LogP contribution in [0.4, 0.5) is 0 Å². The lowest BCUT2D eigenvalue weighted by atomic mass is 9.83. The molecule has 0 spiro atoms. The van der Waals surface area contributed by atoms with Crippen LogP contribution < -0.4 is 0 Å². The molecule has 1 fully saturated rings. The van der Waals surface area contributed by atoms with Crippen molar-refractivity contribution in [2.75, 3.05) is 0 Å². The molecule has 1 aliphatic rings. The first-order valence-electron chi connectivity index (χ1n) is 8.71. The van der Waals surface area contributed by atoms with E-state index >= 15 is 0 Å². The third-order valence-electron chi connectivity index (χ3n) is 4.99. The highest BCUT2D eigenvalue weighted by molar-refractivity contribution is 7.91. The standard InChI is InChI=1S/C20H20N2O2S/c23-25(24,19-11-4-5-12-21-19)17-13-16-9-6-10-18(20(16)22-14-17)15-7-2-1-3-8-15/h4-6,9-15H,1-3,7-8H2. The zero-order valence-corrected chi connectivity index (χ0v) is 14.7. The van der Waals surface area contributed by atoms with Gasteiger partial charge in [0.1, 0.15) is 0 Å². The SMILES string of the molecule is O=S(=O)(c1cnc2c(C3CCCCC3)cccc2c1)c1ccccn1. The van der Waals surface area contributed by atoms with Crippen LogP contribution in [0.3, 0.4) is 0 Å². The van der Waals surface area contributed by atoms with Gasteiger partial charge in [-0.3, -0.25) is 4.98 Å². The van der Waals surface area contributed by atoms with Gasteiger partial charge in [0.05, 0.1) is 10.4 Å². The van der Waals surface area contributed by atoms with Crippen molar-refractivity contribution in [2.24, 2.45) is 0 Å². The number of fused-ring (bicyclic) bond motifs is 1. The van der Waals surface area contributed by atoms with Gasteiger partial charge in [0.15, 0.2) is 5.03 Å². The molecule has 1 aliphatic carbocycles. The van der Waals surface area contributed by atoms with E-state index in [0.29, 0.717) is 5.92 Å². The van der Waals surface area contributed by atoms with Crippen LogP contribution in [-0.4, -0.2) is 18.4 Å². The highest BCUT2D eigenvalue weighted by Crippen LogP contribution is 2.36. The van der Waals surface area contributed by atoms with Gasteiger partial charge in [0.25, 0.3) is 0 Å². The maximum Gasteiger partial charge on any atom is 0.225 e. The Hall–Kier alpha value is -2.27. The Bertz CT molecular complexity index is 995. The van der Waals surface area contributed by atoms with Crippen molar-refractivity contribution in [3.05, 3.63) is 60.4 Å². The van der Waals surface area contributed by atoms with Crippen molar-refractivity contribution in [3.63, 3.8) is 0 Å². The highest BCUT2D eigenvalue weighted by Gasteiger charge is 2.22. The minimum absolute atomic E-state index is 0.0552. The van der Waals surface area contributed by atoms with Crippen LogP contribution >= 0.6 is 0 Å². The van der Waals surface area contributed by atoms with E-state index < -0.39 is 9.84 Å². The molecule has 1 aromatic carbocycles. The second kappa shape index (κ2) is 6.56. The van der Waals surface area contributed by atoms with Crippen LogP contribution in [0, 0.1) is 0 Å². The first-order chi connectivity index (χ1) is 12.2. The molecule has 4 rings (SSSR count). The Labute approximate surface area is 147 Å². The molecule has 0 bridgehead atoms. The topological polar surface area (TPSA) is 59.9 Å². The molecule has 0 saturated heterocycles. The Morgan fingerprint density at radius 1 is 0.920 bits per heavy atom. The zero-order valence-electron chi connectivity index (χ0n) is 13.9. The first-order valence-corrected chi connectivity index (χ1v) is 10.2. The van der Waals surface area contributed by atoms with Crippen molar-refractivity contribution in [1.29, 1.82) is 0 Å². The number of hydrogen-bond acceptors (Lipinski definition) is 4. The van der Waals surface area contributed by atoms with Gasteiger partial charge in [-0.1, -0.05) is 43.5 Å². The minimum atomic E-state index is -3.64. The lowest BCUT2D eigenvalue weighted by Crippen LogP contribution is -2.07. The summed E-state index contributed by atoms with van der Waals surface area (Å²) in [7, 11) is -3.64. The van der Waals surface area contributed by atoms with Crippen LogP contribution in [0.2, 0.25) is 0 Å². The number of benzene rings is 1. The second-order valence-corrected chi connectivity index (χ2v) is 8.49. The number of rotatable bonds is 3. The Morgan fingerprint density at radius 3 is 2.52 bits per heavy atom. The number of nitrogens with zero attached hydrogens (tertiary/aromatic N) is 2. The van der Waals surface area contributed by atoms with Gasteiger partial charge < -0.3 is 0 Å². The molecular formula is C20H20N2O2S. The fourth-order valence-corrected chi connectivity index (χ4v) is 4.85. The summed E-state index contributed by atoms with van der Waals surface area (Å²) in [5.74, 6) is 0.531. The molecule has 0 radical (unpaired) electrons. The predicted octanol–water partition coefficient (Wildman–Crippen LogP) is 4.51. The summed E-state index contributed by atoms with van der Waals surface area (Å²) in [6, 6.07) is 12.7. The molecule has 0 atom stereocenters. The second-order valence-electron chi connectivity index (χ2n) is 6.60. The summed E-state index contributed by atoms with van der Waals surface area (Å²) in [4.78, 5) is 8.72. The smallest absolute Gasteiger partial charge is 0.225 e. The molecule has 0 aliphatic heterocycles. The highest BCUT2D eigenvalue weighted by atomic mass is 32.2. The summed E-state index contributed by atoms with van der Waals surface area (Å²) >= 11 is 0. The van der Waals surface area contributed by atoms with E-state index in [2.05, 4.69) is 16.0 Å². The minimum Gasteiger partial charge on any atom is -0.255 e. The Kier molecular flexibility index (Phi) is 4.25. The Morgan fingerprint density at radius 2 is 1.76 bits per heavy atom. The summed E-state index contributed by atoms with van der Waals surface area (Å²) < 4.78 is 25.5. The van der Waals surface area contributed by atoms with Gasteiger partial charge in [-0.15, -0.1) is 0 Å². The summed E-state index contributed by atoms with van der Waals surface area (Å²) in [6.45, 7) is 0. The molecule has 1 saturated carbocycles. The summed E-state index contributed by atoms with van der Waals surface area (Å²) in [6.07, 6.45) is 9.16. The van der Waals surface area contributed by atoms with E-state index in [-0.39, 0.29) is 9.92 Å². The fraction of sp³-hybridized carbons (Fsp3) is 0.300. The van der Waals surface area contributed by atoms with Gasteiger partial charge in [-0.25, -0.2) is 13.4 Å². The normalized spacial score (nSPS) is 16.2. The quantitative estimate of drug-likeness (QED) is 0.696. The average molecular weight is 352 g/mol. The largest absolute Gasteiger partial charge is 0.255 e. The molecule has 0 N–H and O–H groups in total. The predicted molar refractivity (Wildman–Crippen MR) is 97.3 cm³/mol. The molecule has 4 nitrogen and oxygen atoms in total. The molecule has 3 aromatic rings. The fourth-order valence-electron chi connectivity index (χ4n) is 3.68. The zero-order chi connectivity index (χ0) is 17.3. The summed E-state index contributed by atoms with van der Waals surface area (Å²) in [5.41, 5.74) is 2.17. The van der Waals surface area contributed by atoms with E-state index in [1.807, 2.05) is 12.1 Å². The van der Waals surface area contributed by atoms with Gasteiger partial charge >= 0.3 is 0 Å². The molecular weight excluding hydrogens is 332 g/mol. The van der Waals surface area contributed by atoms with Crippen molar-refractivity contribution in [2.45, 2.75) is 47.9 Å². The van der Waals surface area contributed by atoms with E-state index in [1.54, 1.807) is 18.2 Å². The molecule has 5 heteroatoms. The maximum absolute atomic E-state index is 12.8. The van der Waals surface area contributed by atoms with Crippen molar-refractivity contribution in [1.82, 2.24) is 9.97 Å². The van der Waals surface area contributed by atoms with E-state index in [4.69, 9.17) is 0 Å². The molecule has 128 valence electrons. The number of sulfone groups is 1. The average Bonchev–Trinajstić information content (AvgIpc) is 2.68. The van der Waals surface area contributed by atoms with Gasteiger partial charge in [0, 0.05) is 17.8 Å². The van der Waals surface area contributed by atoms with E-state index in [1.165, 1.54) is 56.1 Å². The van der Waals surface area contributed by atoms with E-state index in [0.717, 1.165) is 10.9 Å². The molecule has 25 heavy (non-hydrogen) atoms. The van der Waals surface area contributed by atoms with Crippen LogP contribution in [0.15, 0.2) is 64.8 Å². The number of aromatic nitrogens is 2. The monoisotopic (exact) mass is 352 g/mol. The van der Waals surface area contributed by atoms with Crippen molar-refractivity contribution in [3.8, 4) is 0 Å². The molecule has 2 aromatic heterocycles. The van der Waals surface area contributed by atoms with Crippen molar-refractivity contribution < 1.29 is 8.42 Å². The van der Waals surface area contributed by atoms with Crippen LogP contribution in [0.25, 0.3) is 10.9 Å². The van der Waals surface area contributed by atoms with Gasteiger partial charge in [-0.05, 0) is 42.5 Å². The maximum atomic E-state index is 12.8. The Balaban J connectivity index is 1.79. The third-order valence-corrected chi connectivity index (χ3v) is 6.62. The number of hydrogen-bond donors (Lipinski definition) is 0. The van der Waals surface area contributed by atoms with Crippen LogP contribution in [0.5, 0.6) is 0 Å². The lowest BCUT2D eigenvalue weighted by molar-refractivity contribution is 0.445. The van der Waals surface area contributed by atoms with Gasteiger partial charge in [0.2, 0.25) is 9.84 Å².